The van der Waals surface area contributed by atoms with Gasteiger partial charge in [0.2, 0.25) is 6.04 Å². The molecule has 2 aromatic rings. The van der Waals surface area contributed by atoms with Crippen molar-refractivity contribution in [1.82, 2.24) is 10.6 Å². The smallest absolute Gasteiger partial charge is 0.417 e. The summed E-state index contributed by atoms with van der Waals surface area (Å²) in [6.45, 7) is -0.211. The van der Waals surface area contributed by atoms with Crippen LogP contribution in [0.25, 0.3) is 11.1 Å². The Morgan fingerprint density at radius 1 is 1.03 bits per heavy atom. The minimum Gasteiger partial charge on any atom is -0.481 e. The van der Waals surface area contributed by atoms with Gasteiger partial charge in [0.1, 0.15) is 6.61 Å². The second-order valence-electron chi connectivity index (χ2n) is 8.49. The molecule has 0 spiro atoms. The molecule has 184 valence electrons. The van der Waals surface area contributed by atoms with Crippen molar-refractivity contribution in [1.29, 1.82) is 0 Å². The largest absolute Gasteiger partial charge is 0.481 e. The van der Waals surface area contributed by atoms with E-state index >= 15 is 0 Å². The van der Waals surface area contributed by atoms with E-state index in [0.29, 0.717) is 0 Å². The first kappa shape index (κ1) is 24.3. The molecule has 2 aliphatic carbocycles. The number of benzene rings is 2. The Hall–Kier alpha value is -3.82. The number of hydrogen-bond donors (Lipinski definition) is 3. The van der Waals surface area contributed by atoms with Gasteiger partial charge in [0.15, 0.2) is 0 Å². The number of carbonyl (C=O) groups excluding carboxylic acids is 2. The maximum Gasteiger partial charge on any atom is 0.417 e. The first-order valence-electron chi connectivity index (χ1n) is 11.0. The van der Waals surface area contributed by atoms with Gasteiger partial charge >= 0.3 is 18.2 Å². The average Bonchev–Trinajstić information content (AvgIpc) is 3.14. The summed E-state index contributed by atoms with van der Waals surface area (Å²) in [5.74, 6) is -3.76. The van der Waals surface area contributed by atoms with E-state index in [1.54, 1.807) is 5.32 Å². The van der Waals surface area contributed by atoms with Crippen molar-refractivity contribution in [2.24, 2.45) is 5.92 Å². The number of allylic oxidation sites excluding steroid dienone is 1. The molecule has 10 heteroatoms. The fraction of sp³-hybridized carbons (Fsp3) is 0.320. The molecule has 0 fully saturated rings. The standard InChI is InChI=1S/C25H23F3N2O5/c26-25(27,28)21(22(31)29-15-7-5-6-14(12-15)23(32)33)30-24(34)35-13-20-18-10-3-1-8-16(18)17-9-2-4-11-19(17)20/h1-5,7-11,14-15,20-21H,6,12-13H2,(H,29,31)(H,30,34)(H,32,33)/t14-,15-,21?/m1/s1. The van der Waals surface area contributed by atoms with Gasteiger partial charge in [-0.15, -0.1) is 0 Å². The Morgan fingerprint density at radius 2 is 1.63 bits per heavy atom. The van der Waals surface area contributed by atoms with Gasteiger partial charge in [0.25, 0.3) is 5.91 Å². The number of aliphatic carboxylic acids is 1. The topological polar surface area (TPSA) is 105 Å². The summed E-state index contributed by atoms with van der Waals surface area (Å²) in [6.07, 6.45) is -3.35. The summed E-state index contributed by atoms with van der Waals surface area (Å²) in [6, 6.07) is 11.2. The Kier molecular flexibility index (Phi) is 6.81. The van der Waals surface area contributed by atoms with Gasteiger partial charge in [-0.3, -0.25) is 9.59 Å². The molecule has 1 unspecified atom stereocenters. The van der Waals surface area contributed by atoms with E-state index in [1.807, 2.05) is 48.5 Å². The molecule has 0 radical (unpaired) electrons. The van der Waals surface area contributed by atoms with Crippen LogP contribution in [0.4, 0.5) is 18.0 Å². The lowest BCUT2D eigenvalue weighted by molar-refractivity contribution is -0.168. The second kappa shape index (κ2) is 9.81. The lowest BCUT2D eigenvalue weighted by atomic mass is 9.91. The fourth-order valence-electron chi connectivity index (χ4n) is 4.52. The van der Waals surface area contributed by atoms with E-state index in [9.17, 15) is 27.6 Å². The molecule has 3 atom stereocenters. The summed E-state index contributed by atoms with van der Waals surface area (Å²) in [7, 11) is 0. The van der Waals surface area contributed by atoms with Gasteiger partial charge in [0.05, 0.1) is 5.92 Å². The van der Waals surface area contributed by atoms with E-state index in [1.165, 1.54) is 12.2 Å². The van der Waals surface area contributed by atoms with E-state index < -0.39 is 42.1 Å². The number of halogens is 3. The van der Waals surface area contributed by atoms with Crippen LogP contribution >= 0.6 is 0 Å². The van der Waals surface area contributed by atoms with E-state index in [-0.39, 0.29) is 25.4 Å². The molecule has 4 rings (SSSR count). The lowest BCUT2D eigenvalue weighted by Crippen LogP contribution is -2.57. The third-order valence-corrected chi connectivity index (χ3v) is 6.20. The fourth-order valence-corrected chi connectivity index (χ4v) is 4.52. The molecule has 2 aromatic carbocycles. The van der Waals surface area contributed by atoms with Crippen LogP contribution in [0, 0.1) is 5.92 Å². The Labute approximate surface area is 199 Å². The van der Waals surface area contributed by atoms with Crippen LogP contribution in [0.2, 0.25) is 0 Å². The first-order chi connectivity index (χ1) is 16.6. The maximum absolute atomic E-state index is 13.6. The Morgan fingerprint density at radius 3 is 2.20 bits per heavy atom. The normalized spacial score (nSPS) is 19.9. The summed E-state index contributed by atoms with van der Waals surface area (Å²) < 4.78 is 45.9. The van der Waals surface area contributed by atoms with E-state index in [4.69, 9.17) is 9.84 Å². The van der Waals surface area contributed by atoms with Crippen molar-refractivity contribution in [3.8, 4) is 11.1 Å². The van der Waals surface area contributed by atoms with Crippen LogP contribution in [-0.4, -0.2) is 47.9 Å². The molecule has 3 N–H and O–H groups in total. The number of rotatable bonds is 6. The maximum atomic E-state index is 13.6. The summed E-state index contributed by atoms with van der Waals surface area (Å²) in [4.78, 5) is 35.8. The van der Waals surface area contributed by atoms with Crippen molar-refractivity contribution >= 4 is 18.0 Å². The zero-order valence-electron chi connectivity index (χ0n) is 18.4. The predicted octanol–water partition coefficient (Wildman–Crippen LogP) is 3.99. The van der Waals surface area contributed by atoms with E-state index in [2.05, 4.69) is 5.32 Å². The molecular weight excluding hydrogens is 465 g/mol. The van der Waals surface area contributed by atoms with Crippen LogP contribution < -0.4 is 10.6 Å². The molecule has 0 saturated carbocycles. The molecule has 2 amide bonds. The van der Waals surface area contributed by atoms with Crippen LogP contribution in [0.3, 0.4) is 0 Å². The number of nitrogens with one attached hydrogen (secondary N) is 2. The number of fused-ring (bicyclic) bond motifs is 3. The van der Waals surface area contributed by atoms with Gasteiger partial charge in [-0.2, -0.15) is 13.2 Å². The van der Waals surface area contributed by atoms with Crippen LogP contribution in [-0.2, 0) is 14.3 Å². The molecule has 0 saturated heterocycles. The van der Waals surface area contributed by atoms with E-state index in [0.717, 1.165) is 22.3 Å². The second-order valence-corrected chi connectivity index (χ2v) is 8.49. The summed E-state index contributed by atoms with van der Waals surface area (Å²) in [5, 5.41) is 12.9. The SMILES string of the molecule is O=C(NC(C(=O)N[C@@H]1C=CC[C@@H](C(=O)O)C1)C(F)(F)F)OCC1c2ccccc2-c2ccccc21. The Bertz CT molecular complexity index is 1120. The number of hydrogen-bond acceptors (Lipinski definition) is 4. The highest BCUT2D eigenvalue weighted by molar-refractivity contribution is 5.87. The van der Waals surface area contributed by atoms with Crippen molar-refractivity contribution in [3.05, 3.63) is 71.8 Å². The van der Waals surface area contributed by atoms with Crippen LogP contribution in [0.15, 0.2) is 60.7 Å². The number of carboxylic acid groups (broad SMARTS) is 1. The quantitative estimate of drug-likeness (QED) is 0.534. The highest BCUT2D eigenvalue weighted by Gasteiger charge is 2.47. The number of ether oxygens (including phenoxy) is 1. The van der Waals surface area contributed by atoms with Gasteiger partial charge in [0, 0.05) is 12.0 Å². The third-order valence-electron chi connectivity index (χ3n) is 6.20. The monoisotopic (exact) mass is 488 g/mol. The Balaban J connectivity index is 1.41. The van der Waals surface area contributed by atoms with Gasteiger partial charge in [-0.05, 0) is 35.1 Å². The first-order valence-corrected chi connectivity index (χ1v) is 11.0. The van der Waals surface area contributed by atoms with Crippen LogP contribution in [0.5, 0.6) is 0 Å². The van der Waals surface area contributed by atoms with Gasteiger partial charge in [-0.1, -0.05) is 60.7 Å². The van der Waals surface area contributed by atoms with Crippen LogP contribution in [0.1, 0.15) is 29.9 Å². The van der Waals surface area contributed by atoms with Gasteiger partial charge in [-0.25, -0.2) is 4.79 Å². The molecular formula is C25H23F3N2O5. The zero-order chi connectivity index (χ0) is 25.2. The lowest BCUT2D eigenvalue weighted by Gasteiger charge is -2.26. The molecule has 7 nitrogen and oxygen atoms in total. The summed E-state index contributed by atoms with van der Waals surface area (Å²) in [5.41, 5.74) is 3.71. The van der Waals surface area contributed by atoms with Crippen molar-refractivity contribution in [2.45, 2.75) is 37.0 Å². The predicted molar refractivity (Wildman–Crippen MR) is 119 cm³/mol. The molecule has 0 aliphatic heterocycles. The highest BCUT2D eigenvalue weighted by Crippen LogP contribution is 2.44. The van der Waals surface area contributed by atoms with Crippen molar-refractivity contribution < 1.29 is 37.4 Å². The van der Waals surface area contributed by atoms with Crippen molar-refractivity contribution in [3.63, 3.8) is 0 Å². The molecule has 2 aliphatic rings. The molecule has 0 bridgehead atoms. The minimum absolute atomic E-state index is 0.0485. The zero-order valence-corrected chi connectivity index (χ0v) is 18.4. The number of amides is 2. The number of carboxylic acids is 1. The number of alkyl carbamates (subject to hydrolysis) is 1. The third kappa shape index (κ3) is 5.31. The minimum atomic E-state index is -5.08. The van der Waals surface area contributed by atoms with Crippen molar-refractivity contribution in [2.75, 3.05) is 6.61 Å². The average molecular weight is 488 g/mol. The number of carbonyl (C=O) groups is 3. The molecule has 0 heterocycles. The number of alkyl halides is 3. The molecule has 0 aromatic heterocycles. The summed E-state index contributed by atoms with van der Waals surface area (Å²) >= 11 is 0. The molecule has 35 heavy (non-hydrogen) atoms. The highest BCUT2D eigenvalue weighted by atomic mass is 19.4. The van der Waals surface area contributed by atoms with Gasteiger partial charge < -0.3 is 20.5 Å².